The van der Waals surface area contributed by atoms with Gasteiger partial charge < -0.3 is 10.6 Å². The molecule has 2 heterocycles. The maximum Gasteiger partial charge on any atom is 0.412 e. The van der Waals surface area contributed by atoms with E-state index >= 15 is 0 Å². The fourth-order valence-corrected chi connectivity index (χ4v) is 3.79. The van der Waals surface area contributed by atoms with Crippen molar-refractivity contribution in [3.8, 4) is 0 Å². The van der Waals surface area contributed by atoms with Crippen LogP contribution in [0.25, 0.3) is 0 Å². The van der Waals surface area contributed by atoms with Crippen LogP contribution in [0.4, 0.5) is 13.2 Å². The third-order valence-electron chi connectivity index (χ3n) is 5.17. The van der Waals surface area contributed by atoms with Crippen molar-refractivity contribution in [2.24, 2.45) is 0 Å². The zero-order valence-corrected chi connectivity index (χ0v) is 16.8. The van der Waals surface area contributed by atoms with Gasteiger partial charge >= 0.3 is 6.18 Å². The van der Waals surface area contributed by atoms with E-state index in [1.807, 2.05) is 12.1 Å². The van der Waals surface area contributed by atoms with Crippen LogP contribution in [0.2, 0.25) is 5.02 Å². The zero-order valence-electron chi connectivity index (χ0n) is 16.0. The maximum absolute atomic E-state index is 13.4. The Balaban J connectivity index is 1.68. The molecule has 0 bridgehead atoms. The van der Waals surface area contributed by atoms with E-state index in [0.29, 0.717) is 24.3 Å². The number of nitrogens with one attached hydrogen (secondary N) is 2. The Kier molecular flexibility index (Phi) is 6.65. The molecule has 1 aliphatic rings. The number of halogens is 4. The SMILES string of the molecule is O=C(CC[C@]1(Cc2ccc(Cl)cc2)CCC(=O)N1)N[C@@H](c1cccnc1)C(F)(F)F. The molecule has 1 saturated heterocycles. The van der Waals surface area contributed by atoms with Gasteiger partial charge in [-0.25, -0.2) is 0 Å². The third kappa shape index (κ3) is 5.72. The van der Waals surface area contributed by atoms with Gasteiger partial charge in [-0.1, -0.05) is 29.8 Å². The van der Waals surface area contributed by atoms with Gasteiger partial charge in [-0.2, -0.15) is 13.2 Å². The smallest absolute Gasteiger partial charge is 0.350 e. The van der Waals surface area contributed by atoms with Gasteiger partial charge in [-0.15, -0.1) is 0 Å². The Hall–Kier alpha value is -2.61. The molecule has 160 valence electrons. The Morgan fingerprint density at radius 2 is 2.00 bits per heavy atom. The van der Waals surface area contributed by atoms with E-state index in [-0.39, 0.29) is 24.3 Å². The van der Waals surface area contributed by atoms with Gasteiger partial charge in [-0.3, -0.25) is 14.6 Å². The molecule has 1 fully saturated rings. The second-order valence-electron chi connectivity index (χ2n) is 7.46. The van der Waals surface area contributed by atoms with E-state index in [0.717, 1.165) is 11.8 Å². The third-order valence-corrected chi connectivity index (χ3v) is 5.42. The average molecular weight is 440 g/mol. The number of nitrogens with zero attached hydrogens (tertiary/aromatic N) is 1. The fraction of sp³-hybridized carbons (Fsp3) is 0.381. The summed E-state index contributed by atoms with van der Waals surface area (Å²) in [5.74, 6) is -0.870. The Morgan fingerprint density at radius 3 is 2.57 bits per heavy atom. The minimum absolute atomic E-state index is 0.132. The van der Waals surface area contributed by atoms with Crippen LogP contribution in [0, 0.1) is 0 Å². The molecule has 0 aliphatic carbocycles. The van der Waals surface area contributed by atoms with E-state index in [4.69, 9.17) is 11.6 Å². The molecule has 3 rings (SSSR count). The molecular formula is C21H21ClF3N3O2. The first-order valence-corrected chi connectivity index (χ1v) is 9.86. The largest absolute Gasteiger partial charge is 0.412 e. The number of carbonyl (C=O) groups excluding carboxylic acids is 2. The Bertz CT molecular complexity index is 891. The number of hydrogen-bond acceptors (Lipinski definition) is 3. The van der Waals surface area contributed by atoms with Gasteiger partial charge in [0.25, 0.3) is 0 Å². The number of carbonyl (C=O) groups is 2. The number of pyridine rings is 1. The summed E-state index contributed by atoms with van der Waals surface area (Å²) in [4.78, 5) is 27.9. The lowest BCUT2D eigenvalue weighted by atomic mass is 9.85. The minimum Gasteiger partial charge on any atom is -0.350 e. The van der Waals surface area contributed by atoms with E-state index < -0.39 is 23.7 Å². The number of benzene rings is 1. The van der Waals surface area contributed by atoms with E-state index in [1.54, 1.807) is 12.1 Å². The molecule has 5 nitrogen and oxygen atoms in total. The lowest BCUT2D eigenvalue weighted by molar-refractivity contribution is -0.163. The van der Waals surface area contributed by atoms with Crippen LogP contribution in [-0.2, 0) is 16.0 Å². The summed E-state index contributed by atoms with van der Waals surface area (Å²) in [5, 5.41) is 5.56. The topological polar surface area (TPSA) is 71.1 Å². The van der Waals surface area contributed by atoms with Gasteiger partial charge in [0.15, 0.2) is 6.04 Å². The first-order valence-electron chi connectivity index (χ1n) is 9.48. The molecule has 0 radical (unpaired) electrons. The van der Waals surface area contributed by atoms with Gasteiger partial charge in [0.05, 0.1) is 0 Å². The van der Waals surface area contributed by atoms with Crippen molar-refractivity contribution >= 4 is 23.4 Å². The summed E-state index contributed by atoms with van der Waals surface area (Å²) in [5.41, 5.74) is 0.110. The number of alkyl halides is 3. The predicted octanol–water partition coefficient (Wildman–Crippen LogP) is 4.13. The molecular weight excluding hydrogens is 419 g/mol. The molecule has 9 heteroatoms. The highest BCUT2D eigenvalue weighted by Crippen LogP contribution is 2.33. The maximum atomic E-state index is 13.4. The summed E-state index contributed by atoms with van der Waals surface area (Å²) in [6.07, 6.45) is -0.843. The quantitative estimate of drug-likeness (QED) is 0.681. The molecule has 30 heavy (non-hydrogen) atoms. The van der Waals surface area contributed by atoms with Gasteiger partial charge in [0.2, 0.25) is 11.8 Å². The number of rotatable bonds is 7. The number of hydrogen-bond donors (Lipinski definition) is 2. The van der Waals surface area contributed by atoms with Crippen molar-refractivity contribution in [3.05, 3.63) is 64.9 Å². The highest BCUT2D eigenvalue weighted by Gasteiger charge is 2.43. The molecule has 0 spiro atoms. The second-order valence-corrected chi connectivity index (χ2v) is 7.90. The van der Waals surface area contributed by atoms with Crippen molar-refractivity contribution in [3.63, 3.8) is 0 Å². The van der Waals surface area contributed by atoms with Gasteiger partial charge in [0, 0.05) is 41.4 Å². The normalized spacial score (nSPS) is 19.9. The van der Waals surface area contributed by atoms with Crippen molar-refractivity contribution in [1.82, 2.24) is 15.6 Å². The second kappa shape index (κ2) is 9.04. The lowest BCUT2D eigenvalue weighted by Gasteiger charge is -2.30. The lowest BCUT2D eigenvalue weighted by Crippen LogP contribution is -2.45. The van der Waals surface area contributed by atoms with Crippen molar-refractivity contribution in [1.29, 1.82) is 0 Å². The summed E-state index contributed by atoms with van der Waals surface area (Å²) in [6.45, 7) is 0. The Morgan fingerprint density at radius 1 is 1.27 bits per heavy atom. The first-order chi connectivity index (χ1) is 14.2. The van der Waals surface area contributed by atoms with Crippen molar-refractivity contribution < 1.29 is 22.8 Å². The number of amides is 2. The summed E-state index contributed by atoms with van der Waals surface area (Å²) < 4.78 is 40.3. The number of aromatic nitrogens is 1. The Labute approximate surface area is 177 Å². The van der Waals surface area contributed by atoms with Crippen LogP contribution >= 0.6 is 11.6 Å². The van der Waals surface area contributed by atoms with E-state index in [1.165, 1.54) is 18.3 Å². The standard InChI is InChI=1S/C21H21ClF3N3O2/c22-16-5-3-14(4-6-16)12-20(10-8-18(30)28-20)9-7-17(29)27-19(21(23,24)25)15-2-1-11-26-13-15/h1-6,11,13,19H,7-10,12H2,(H,27,29)(H,28,30)/t19-,20+/m0/s1. The molecule has 2 amide bonds. The molecule has 2 N–H and O–H groups in total. The highest BCUT2D eigenvalue weighted by molar-refractivity contribution is 6.30. The summed E-state index contributed by atoms with van der Waals surface area (Å²) >= 11 is 5.91. The van der Waals surface area contributed by atoms with Crippen molar-refractivity contribution in [2.45, 2.75) is 49.9 Å². The van der Waals surface area contributed by atoms with Crippen LogP contribution < -0.4 is 10.6 Å². The van der Waals surface area contributed by atoms with Crippen LogP contribution in [0.5, 0.6) is 0 Å². The summed E-state index contributed by atoms with van der Waals surface area (Å²) in [7, 11) is 0. The van der Waals surface area contributed by atoms with E-state index in [9.17, 15) is 22.8 Å². The average Bonchev–Trinajstić information content (AvgIpc) is 3.07. The van der Waals surface area contributed by atoms with E-state index in [2.05, 4.69) is 15.6 Å². The first kappa shape index (κ1) is 22.1. The van der Waals surface area contributed by atoms with Crippen molar-refractivity contribution in [2.75, 3.05) is 0 Å². The van der Waals surface area contributed by atoms with Crippen LogP contribution in [0.3, 0.4) is 0 Å². The molecule has 2 atom stereocenters. The van der Waals surface area contributed by atoms with Crippen LogP contribution in [-0.4, -0.2) is 28.5 Å². The fourth-order valence-electron chi connectivity index (χ4n) is 3.66. The molecule has 0 unspecified atom stereocenters. The molecule has 0 saturated carbocycles. The van der Waals surface area contributed by atoms with Crippen LogP contribution in [0.15, 0.2) is 48.8 Å². The monoisotopic (exact) mass is 439 g/mol. The predicted molar refractivity (Wildman–Crippen MR) is 106 cm³/mol. The zero-order chi connectivity index (χ0) is 21.8. The molecule has 1 aromatic heterocycles. The molecule has 2 aromatic rings. The molecule has 1 aliphatic heterocycles. The van der Waals surface area contributed by atoms with Crippen LogP contribution in [0.1, 0.15) is 42.9 Å². The summed E-state index contributed by atoms with van der Waals surface area (Å²) in [6, 6.07) is 7.64. The van der Waals surface area contributed by atoms with Gasteiger partial charge in [0.1, 0.15) is 0 Å². The minimum atomic E-state index is -4.65. The molecule has 1 aromatic carbocycles. The van der Waals surface area contributed by atoms with Gasteiger partial charge in [-0.05, 0) is 43.0 Å². The highest BCUT2D eigenvalue weighted by atomic mass is 35.5.